The fraction of sp³-hybridized carbons (Fsp3) is 0.100. The van der Waals surface area contributed by atoms with E-state index in [1.54, 1.807) is 12.1 Å². The molecule has 0 bridgehead atoms. The Kier molecular flexibility index (Phi) is 4.45. The maximum absolute atomic E-state index is 11.3. The number of rotatable bonds is 5. The summed E-state index contributed by atoms with van der Waals surface area (Å²) in [4.78, 5) is 10.3. The maximum Gasteiger partial charge on any atom is 0.455 e. The number of nitrogens with two attached hydrogens (primary N) is 1. The Bertz CT molecular complexity index is 468. The molecule has 1 aromatic rings. The molecule has 1 aromatic carbocycles. The van der Waals surface area contributed by atoms with Gasteiger partial charge in [-0.25, -0.2) is 14.9 Å². The smallest absolute Gasteiger partial charge is 0.455 e. The van der Waals surface area contributed by atoms with Gasteiger partial charge in [0, 0.05) is 13.2 Å². The third-order valence-electron chi connectivity index (χ3n) is 1.79. The predicted molar refractivity (Wildman–Crippen MR) is 62.5 cm³/mol. The second-order valence-electron chi connectivity index (χ2n) is 3.05. The third-order valence-corrected chi connectivity index (χ3v) is 2.76. The second-order valence-corrected chi connectivity index (χ2v) is 4.68. The highest BCUT2D eigenvalue weighted by Crippen LogP contribution is 2.38. The van der Waals surface area contributed by atoms with Crippen LogP contribution in [0.3, 0.4) is 0 Å². The van der Waals surface area contributed by atoms with Crippen LogP contribution in [0.5, 0.6) is 5.75 Å². The largest absolute Gasteiger partial charge is 0.478 e. The molecule has 92 valence electrons. The SMILES string of the molecule is COP(N)(=O)Oc1ccc(/C=C/C(=O)O)cc1. The van der Waals surface area contributed by atoms with Gasteiger partial charge in [0.25, 0.3) is 0 Å². The summed E-state index contributed by atoms with van der Waals surface area (Å²) in [5.41, 5.74) is 5.87. The molecule has 0 aliphatic rings. The minimum Gasteiger partial charge on any atom is -0.478 e. The van der Waals surface area contributed by atoms with Crippen molar-refractivity contribution in [2.45, 2.75) is 0 Å². The first kappa shape index (κ1) is 13.4. The topological polar surface area (TPSA) is 98.9 Å². The molecule has 0 radical (unpaired) electrons. The Morgan fingerprint density at radius 1 is 1.41 bits per heavy atom. The molecule has 3 N–H and O–H groups in total. The summed E-state index contributed by atoms with van der Waals surface area (Å²) in [6, 6.07) is 6.23. The van der Waals surface area contributed by atoms with Gasteiger partial charge in [0.05, 0.1) is 0 Å². The zero-order chi connectivity index (χ0) is 12.9. The first-order valence-corrected chi connectivity index (χ1v) is 6.19. The number of benzene rings is 1. The van der Waals surface area contributed by atoms with Gasteiger partial charge >= 0.3 is 13.7 Å². The average molecular weight is 257 g/mol. The molecule has 7 heteroatoms. The predicted octanol–water partition coefficient (Wildman–Crippen LogP) is 1.88. The molecular formula is C10H12NO5P. The molecule has 6 nitrogen and oxygen atoms in total. The maximum atomic E-state index is 11.3. The average Bonchev–Trinajstić information content (AvgIpc) is 2.28. The van der Waals surface area contributed by atoms with E-state index in [-0.39, 0.29) is 5.75 Å². The quantitative estimate of drug-likeness (QED) is 0.617. The van der Waals surface area contributed by atoms with Gasteiger partial charge in [0.15, 0.2) is 0 Å². The number of carbonyl (C=O) groups is 1. The molecule has 0 aliphatic heterocycles. The molecule has 0 saturated carbocycles. The van der Waals surface area contributed by atoms with E-state index in [9.17, 15) is 9.36 Å². The third kappa shape index (κ3) is 4.82. The Morgan fingerprint density at radius 2 is 2.00 bits per heavy atom. The summed E-state index contributed by atoms with van der Waals surface area (Å²) in [5.74, 6) is -0.749. The molecule has 17 heavy (non-hydrogen) atoms. The number of carboxylic acid groups (broad SMARTS) is 1. The monoisotopic (exact) mass is 257 g/mol. The first-order valence-electron chi connectivity index (χ1n) is 4.58. The lowest BCUT2D eigenvalue weighted by atomic mass is 10.2. The molecular weight excluding hydrogens is 245 g/mol. The summed E-state index contributed by atoms with van der Waals surface area (Å²) >= 11 is 0. The fourth-order valence-corrected chi connectivity index (χ4v) is 1.48. The lowest BCUT2D eigenvalue weighted by molar-refractivity contribution is -0.131. The van der Waals surface area contributed by atoms with E-state index in [0.29, 0.717) is 5.56 Å². The van der Waals surface area contributed by atoms with Crippen LogP contribution >= 0.6 is 7.75 Å². The Hall–Kier alpha value is -1.62. The van der Waals surface area contributed by atoms with E-state index in [0.717, 1.165) is 6.08 Å². The van der Waals surface area contributed by atoms with Crippen LogP contribution in [0.4, 0.5) is 0 Å². The van der Waals surface area contributed by atoms with Gasteiger partial charge in [-0.3, -0.25) is 4.52 Å². The van der Waals surface area contributed by atoms with Crippen molar-refractivity contribution in [1.82, 2.24) is 0 Å². The molecule has 0 spiro atoms. The zero-order valence-electron chi connectivity index (χ0n) is 9.07. The molecule has 0 saturated heterocycles. The number of aliphatic carboxylic acids is 1. The normalized spacial score (nSPS) is 14.5. The van der Waals surface area contributed by atoms with Crippen LogP contribution in [0.15, 0.2) is 30.3 Å². The molecule has 0 aliphatic carbocycles. The van der Waals surface area contributed by atoms with Crippen molar-refractivity contribution >= 4 is 19.8 Å². The van der Waals surface area contributed by atoms with E-state index >= 15 is 0 Å². The lowest BCUT2D eigenvalue weighted by Crippen LogP contribution is -2.03. The first-order chi connectivity index (χ1) is 7.93. The highest BCUT2D eigenvalue weighted by molar-refractivity contribution is 7.51. The highest BCUT2D eigenvalue weighted by atomic mass is 31.2. The standard InChI is InChI=1S/C10H12NO5P/c1-15-17(11,14)16-9-5-2-8(3-6-9)4-7-10(12)13/h2-7H,1H3,(H2,11,14)(H,12,13)/b7-4+. The van der Waals surface area contributed by atoms with Crippen molar-refractivity contribution in [2.24, 2.45) is 5.50 Å². The van der Waals surface area contributed by atoms with Gasteiger partial charge < -0.3 is 9.63 Å². The number of carboxylic acids is 1. The molecule has 0 fully saturated rings. The van der Waals surface area contributed by atoms with Gasteiger partial charge in [-0.15, -0.1) is 0 Å². The van der Waals surface area contributed by atoms with Gasteiger partial charge in [-0.05, 0) is 23.8 Å². The van der Waals surface area contributed by atoms with E-state index < -0.39 is 13.7 Å². The van der Waals surface area contributed by atoms with E-state index in [2.05, 4.69) is 4.52 Å². The van der Waals surface area contributed by atoms with Gasteiger partial charge in [0.1, 0.15) is 5.75 Å². The summed E-state index contributed by atoms with van der Waals surface area (Å²) in [7, 11) is -2.37. The van der Waals surface area contributed by atoms with Gasteiger partial charge in [-0.2, -0.15) is 0 Å². The zero-order valence-corrected chi connectivity index (χ0v) is 9.96. The van der Waals surface area contributed by atoms with Crippen molar-refractivity contribution in [3.05, 3.63) is 35.9 Å². The van der Waals surface area contributed by atoms with E-state index in [4.69, 9.17) is 15.1 Å². The summed E-state index contributed by atoms with van der Waals surface area (Å²) < 4.78 is 20.7. The molecule has 1 atom stereocenters. The van der Waals surface area contributed by atoms with Crippen LogP contribution in [0.2, 0.25) is 0 Å². The van der Waals surface area contributed by atoms with Crippen molar-refractivity contribution < 1.29 is 23.5 Å². The number of hydrogen-bond acceptors (Lipinski definition) is 4. The van der Waals surface area contributed by atoms with E-state index in [1.165, 1.54) is 25.3 Å². The van der Waals surface area contributed by atoms with Crippen molar-refractivity contribution in [2.75, 3.05) is 7.11 Å². The Morgan fingerprint density at radius 3 is 2.47 bits per heavy atom. The van der Waals surface area contributed by atoms with Gasteiger partial charge in [0.2, 0.25) is 0 Å². The van der Waals surface area contributed by atoms with Crippen LogP contribution in [0.25, 0.3) is 6.08 Å². The summed E-state index contributed by atoms with van der Waals surface area (Å²) in [6.07, 6.45) is 2.43. The minimum atomic E-state index is -3.55. The van der Waals surface area contributed by atoms with Crippen molar-refractivity contribution in [3.63, 3.8) is 0 Å². The second kappa shape index (κ2) is 5.63. The van der Waals surface area contributed by atoms with Crippen LogP contribution in [-0.2, 0) is 13.9 Å². The van der Waals surface area contributed by atoms with Crippen LogP contribution in [0.1, 0.15) is 5.56 Å². The summed E-state index contributed by atoms with van der Waals surface area (Å²) in [6.45, 7) is 0. The van der Waals surface area contributed by atoms with Crippen molar-refractivity contribution in [3.8, 4) is 5.75 Å². The minimum absolute atomic E-state index is 0.283. The fourth-order valence-electron chi connectivity index (χ4n) is 0.992. The van der Waals surface area contributed by atoms with Crippen LogP contribution in [0, 0.1) is 0 Å². The van der Waals surface area contributed by atoms with Crippen LogP contribution < -0.4 is 10.0 Å². The Labute approximate surface area is 98.2 Å². The Balaban J connectivity index is 2.75. The highest BCUT2D eigenvalue weighted by Gasteiger charge is 2.16. The molecule has 1 rings (SSSR count). The molecule has 0 aromatic heterocycles. The lowest BCUT2D eigenvalue weighted by Gasteiger charge is -2.11. The number of hydrogen-bond donors (Lipinski definition) is 2. The molecule has 0 heterocycles. The van der Waals surface area contributed by atoms with Crippen LogP contribution in [-0.4, -0.2) is 18.2 Å². The molecule has 0 amide bonds. The van der Waals surface area contributed by atoms with Gasteiger partial charge in [-0.1, -0.05) is 12.1 Å². The molecule has 1 unspecified atom stereocenters. The van der Waals surface area contributed by atoms with Crippen molar-refractivity contribution in [1.29, 1.82) is 0 Å². The van der Waals surface area contributed by atoms with E-state index in [1.807, 2.05) is 0 Å². The summed E-state index contributed by atoms with van der Waals surface area (Å²) in [5, 5.41) is 8.43.